The van der Waals surface area contributed by atoms with Crippen LogP contribution in [0, 0.1) is 11.8 Å². The van der Waals surface area contributed by atoms with E-state index in [0.29, 0.717) is 12.3 Å². The third-order valence-corrected chi connectivity index (χ3v) is 2.41. The summed E-state index contributed by atoms with van der Waals surface area (Å²) in [5.41, 5.74) is 1.01. The Labute approximate surface area is 84.6 Å². The van der Waals surface area contributed by atoms with Crippen LogP contribution in [0.4, 0.5) is 0 Å². The fourth-order valence-corrected chi connectivity index (χ4v) is 1.40. The summed E-state index contributed by atoms with van der Waals surface area (Å²) < 4.78 is 0. The fraction of sp³-hybridized carbons (Fsp3) is 0.417. The van der Waals surface area contributed by atoms with E-state index in [1.54, 1.807) is 18.2 Å². The molecular formula is C12H16O2. The Kier molecular flexibility index (Phi) is 3.69. The van der Waals surface area contributed by atoms with E-state index in [2.05, 4.69) is 0 Å². The van der Waals surface area contributed by atoms with Crippen molar-refractivity contribution in [1.82, 2.24) is 0 Å². The maximum absolute atomic E-state index is 10.8. The predicted molar refractivity (Wildman–Crippen MR) is 56.2 cm³/mol. The van der Waals surface area contributed by atoms with Crippen LogP contribution in [-0.2, 0) is 11.2 Å². The molecular weight excluding hydrogens is 176 g/mol. The first-order valence-electron chi connectivity index (χ1n) is 4.86. The molecule has 0 heterocycles. The zero-order chi connectivity index (χ0) is 10.6. The minimum absolute atomic E-state index is 0.0387. The zero-order valence-corrected chi connectivity index (χ0v) is 8.60. The molecule has 0 amide bonds. The summed E-state index contributed by atoms with van der Waals surface area (Å²) in [7, 11) is 0. The molecule has 2 heteroatoms. The molecule has 1 N–H and O–H groups in total. The summed E-state index contributed by atoms with van der Waals surface area (Å²) in [6.07, 6.45) is 1.70. The highest BCUT2D eigenvalue weighted by Crippen LogP contribution is 2.18. The molecule has 76 valence electrons. The van der Waals surface area contributed by atoms with Crippen molar-refractivity contribution < 1.29 is 9.90 Å². The van der Waals surface area contributed by atoms with Crippen LogP contribution in [-0.4, -0.2) is 11.4 Å². The molecule has 14 heavy (non-hydrogen) atoms. The smallest absolute Gasteiger partial charge is 0.123 e. The average molecular weight is 192 g/mol. The first kappa shape index (κ1) is 10.8. The van der Waals surface area contributed by atoms with E-state index in [1.165, 1.54) is 0 Å². The molecule has 1 unspecified atom stereocenters. The Bertz CT molecular complexity index is 305. The van der Waals surface area contributed by atoms with E-state index >= 15 is 0 Å². The van der Waals surface area contributed by atoms with Crippen molar-refractivity contribution >= 4 is 6.29 Å². The number of aromatic hydroxyl groups is 1. The zero-order valence-electron chi connectivity index (χ0n) is 8.60. The summed E-state index contributed by atoms with van der Waals surface area (Å²) in [5.74, 6) is 0.641. The molecule has 0 fully saturated rings. The lowest BCUT2D eigenvalue weighted by atomic mass is 9.90. The van der Waals surface area contributed by atoms with Crippen molar-refractivity contribution in [3.05, 3.63) is 29.8 Å². The second-order valence-corrected chi connectivity index (χ2v) is 3.92. The number of carbonyl (C=O) groups excluding carboxylic acids is 1. The van der Waals surface area contributed by atoms with Gasteiger partial charge in [-0.15, -0.1) is 0 Å². The van der Waals surface area contributed by atoms with Gasteiger partial charge >= 0.3 is 0 Å². The normalized spacial score (nSPS) is 12.8. The SMILES string of the molecule is CC(C)C(C=O)Cc1cccc(O)c1. The van der Waals surface area contributed by atoms with Gasteiger partial charge in [0.2, 0.25) is 0 Å². The van der Waals surface area contributed by atoms with E-state index < -0.39 is 0 Å². The molecule has 1 rings (SSSR count). The third-order valence-electron chi connectivity index (χ3n) is 2.41. The average Bonchev–Trinajstić information content (AvgIpc) is 2.14. The fourth-order valence-electron chi connectivity index (χ4n) is 1.40. The van der Waals surface area contributed by atoms with Gasteiger partial charge in [-0.3, -0.25) is 0 Å². The van der Waals surface area contributed by atoms with Gasteiger partial charge in [-0.25, -0.2) is 0 Å². The summed E-state index contributed by atoms with van der Waals surface area (Å²) in [6, 6.07) is 7.07. The lowest BCUT2D eigenvalue weighted by molar-refractivity contribution is -0.112. The lowest BCUT2D eigenvalue weighted by Gasteiger charge is -2.13. The number of hydrogen-bond acceptors (Lipinski definition) is 2. The minimum atomic E-state index is 0.0387. The number of hydrogen-bond donors (Lipinski definition) is 1. The van der Waals surface area contributed by atoms with E-state index in [9.17, 15) is 9.90 Å². The molecule has 0 aliphatic heterocycles. The summed E-state index contributed by atoms with van der Waals surface area (Å²) in [6.45, 7) is 4.06. The first-order chi connectivity index (χ1) is 6.63. The van der Waals surface area contributed by atoms with Gasteiger partial charge in [-0.05, 0) is 30.0 Å². The first-order valence-corrected chi connectivity index (χ1v) is 4.86. The molecule has 1 aromatic carbocycles. The second kappa shape index (κ2) is 4.80. The molecule has 0 aliphatic rings. The van der Waals surface area contributed by atoms with Crippen LogP contribution >= 0.6 is 0 Å². The van der Waals surface area contributed by atoms with Crippen LogP contribution in [0.25, 0.3) is 0 Å². The van der Waals surface area contributed by atoms with E-state index in [4.69, 9.17) is 0 Å². The Morgan fingerprint density at radius 2 is 2.14 bits per heavy atom. The van der Waals surface area contributed by atoms with Crippen molar-refractivity contribution in [2.24, 2.45) is 11.8 Å². The Morgan fingerprint density at radius 1 is 1.43 bits per heavy atom. The molecule has 2 nitrogen and oxygen atoms in total. The quantitative estimate of drug-likeness (QED) is 0.744. The largest absolute Gasteiger partial charge is 0.508 e. The molecule has 0 bridgehead atoms. The van der Waals surface area contributed by atoms with Crippen LogP contribution in [0.3, 0.4) is 0 Å². The van der Waals surface area contributed by atoms with E-state index in [1.807, 2.05) is 19.9 Å². The number of rotatable bonds is 4. The molecule has 0 radical (unpaired) electrons. The highest BCUT2D eigenvalue weighted by molar-refractivity contribution is 5.54. The molecule has 0 saturated heterocycles. The molecule has 0 spiro atoms. The predicted octanol–water partition coefficient (Wildman–Crippen LogP) is 2.41. The Balaban J connectivity index is 2.72. The van der Waals surface area contributed by atoms with Gasteiger partial charge < -0.3 is 9.90 Å². The van der Waals surface area contributed by atoms with Gasteiger partial charge in [-0.2, -0.15) is 0 Å². The molecule has 0 aromatic heterocycles. The van der Waals surface area contributed by atoms with Crippen LogP contribution in [0.2, 0.25) is 0 Å². The van der Waals surface area contributed by atoms with E-state index in [-0.39, 0.29) is 11.7 Å². The molecule has 0 aliphatic carbocycles. The standard InChI is InChI=1S/C12H16O2/c1-9(2)11(8-13)6-10-4-3-5-12(14)7-10/h3-5,7-9,11,14H,6H2,1-2H3. The highest BCUT2D eigenvalue weighted by Gasteiger charge is 2.12. The van der Waals surface area contributed by atoms with Gasteiger partial charge in [0.15, 0.2) is 0 Å². The summed E-state index contributed by atoms with van der Waals surface area (Å²) in [4.78, 5) is 10.8. The number of phenolic OH excluding ortho intramolecular Hbond substituents is 1. The minimum Gasteiger partial charge on any atom is -0.508 e. The van der Waals surface area contributed by atoms with Crippen molar-refractivity contribution in [2.75, 3.05) is 0 Å². The second-order valence-electron chi connectivity index (χ2n) is 3.92. The van der Waals surface area contributed by atoms with Crippen molar-refractivity contribution in [3.8, 4) is 5.75 Å². The van der Waals surface area contributed by atoms with Gasteiger partial charge in [0.1, 0.15) is 12.0 Å². The maximum Gasteiger partial charge on any atom is 0.123 e. The highest BCUT2D eigenvalue weighted by atomic mass is 16.3. The Morgan fingerprint density at radius 3 is 2.64 bits per heavy atom. The van der Waals surface area contributed by atoms with Gasteiger partial charge in [0, 0.05) is 5.92 Å². The van der Waals surface area contributed by atoms with E-state index in [0.717, 1.165) is 11.8 Å². The van der Waals surface area contributed by atoms with Crippen LogP contribution < -0.4 is 0 Å². The third kappa shape index (κ3) is 2.87. The van der Waals surface area contributed by atoms with Crippen LogP contribution in [0.5, 0.6) is 5.75 Å². The maximum atomic E-state index is 10.8. The molecule has 0 saturated carbocycles. The van der Waals surface area contributed by atoms with Crippen molar-refractivity contribution in [3.63, 3.8) is 0 Å². The van der Waals surface area contributed by atoms with Crippen molar-refractivity contribution in [2.45, 2.75) is 20.3 Å². The monoisotopic (exact) mass is 192 g/mol. The molecule has 1 atom stereocenters. The number of aldehydes is 1. The number of carbonyl (C=O) groups is 1. The van der Waals surface area contributed by atoms with Gasteiger partial charge in [0.05, 0.1) is 0 Å². The number of benzene rings is 1. The summed E-state index contributed by atoms with van der Waals surface area (Å²) in [5, 5.41) is 9.25. The van der Waals surface area contributed by atoms with Gasteiger partial charge in [0.25, 0.3) is 0 Å². The number of phenols is 1. The topological polar surface area (TPSA) is 37.3 Å². The Hall–Kier alpha value is -1.31. The van der Waals surface area contributed by atoms with Gasteiger partial charge in [-0.1, -0.05) is 26.0 Å². The van der Waals surface area contributed by atoms with Crippen molar-refractivity contribution in [1.29, 1.82) is 0 Å². The molecule has 1 aromatic rings. The summed E-state index contributed by atoms with van der Waals surface area (Å²) >= 11 is 0. The lowest BCUT2D eigenvalue weighted by Crippen LogP contribution is -2.13. The van der Waals surface area contributed by atoms with Crippen LogP contribution in [0.15, 0.2) is 24.3 Å². The van der Waals surface area contributed by atoms with Crippen LogP contribution in [0.1, 0.15) is 19.4 Å².